The number of aliphatic hydroxyl groups is 1. The molecule has 0 aliphatic heterocycles. The van der Waals surface area contributed by atoms with E-state index < -0.39 is 6.10 Å². The van der Waals surface area contributed by atoms with Gasteiger partial charge in [-0.15, -0.1) is 0 Å². The van der Waals surface area contributed by atoms with Crippen LogP contribution in [0.2, 0.25) is 0 Å². The molecule has 0 bridgehead atoms. The largest absolute Gasteiger partial charge is 0.386 e. The number of aliphatic hydroxyl groups excluding tert-OH is 1. The molecule has 2 nitrogen and oxygen atoms in total. The van der Waals surface area contributed by atoms with E-state index in [9.17, 15) is 4.79 Å². The van der Waals surface area contributed by atoms with Gasteiger partial charge in [-0.1, -0.05) is 0 Å². The summed E-state index contributed by atoms with van der Waals surface area (Å²) in [5.41, 5.74) is 0. The van der Waals surface area contributed by atoms with Gasteiger partial charge in [0.25, 0.3) is 0 Å². The number of rotatable bonds is 1. The third-order valence-corrected chi connectivity index (χ3v) is 0.197. The molecule has 1 atom stereocenters. The molecule has 0 aromatic heterocycles. The van der Waals surface area contributed by atoms with Crippen molar-refractivity contribution in [1.82, 2.24) is 0 Å². The molecule has 1 N–H and O–H groups in total. The van der Waals surface area contributed by atoms with Crippen molar-refractivity contribution in [2.24, 2.45) is 0 Å². The van der Waals surface area contributed by atoms with Crippen LogP contribution >= 0.6 is 0 Å². The molecule has 0 spiro atoms. The average Bonchev–Trinajstić information content (AvgIpc) is 1.38. The molecule has 0 amide bonds. The molecule has 0 aromatic carbocycles. The molecular formula is C3H6O2Y. The molecular weight excluding hydrogens is 157 g/mol. The molecule has 0 heterocycles. The molecule has 3 heteroatoms. The maximum atomic E-state index is 9.25. The minimum atomic E-state index is -0.796. The van der Waals surface area contributed by atoms with Crippen LogP contribution < -0.4 is 0 Å². The smallest absolute Gasteiger partial charge is 0.148 e. The first-order valence-electron chi connectivity index (χ1n) is 1.40. The van der Waals surface area contributed by atoms with Gasteiger partial charge in [-0.05, 0) is 6.92 Å². The summed E-state index contributed by atoms with van der Waals surface area (Å²) in [6.07, 6.45) is -0.324. The fourth-order valence-electron chi connectivity index (χ4n) is 0. The third kappa shape index (κ3) is 8.83. The van der Waals surface area contributed by atoms with Crippen molar-refractivity contribution >= 4 is 6.29 Å². The molecule has 6 heavy (non-hydrogen) atoms. The SMILES string of the molecule is CC(O)C=O.[Y]. The first-order chi connectivity index (χ1) is 2.27. The van der Waals surface area contributed by atoms with Crippen molar-refractivity contribution in [3.05, 3.63) is 0 Å². The standard InChI is InChI=1S/C3H6O2.Y/c1-3(5)2-4;/h2-3,5H,1H3;. The van der Waals surface area contributed by atoms with Crippen molar-refractivity contribution in [2.75, 3.05) is 0 Å². The summed E-state index contributed by atoms with van der Waals surface area (Å²) in [5, 5.41) is 7.99. The number of aldehydes is 1. The van der Waals surface area contributed by atoms with Gasteiger partial charge in [-0.25, -0.2) is 0 Å². The van der Waals surface area contributed by atoms with E-state index in [0.29, 0.717) is 6.29 Å². The first-order valence-corrected chi connectivity index (χ1v) is 1.40. The van der Waals surface area contributed by atoms with E-state index in [4.69, 9.17) is 5.11 Å². The minimum absolute atomic E-state index is 0. The van der Waals surface area contributed by atoms with Crippen LogP contribution in [0.25, 0.3) is 0 Å². The van der Waals surface area contributed by atoms with Crippen molar-refractivity contribution in [3.63, 3.8) is 0 Å². The van der Waals surface area contributed by atoms with Gasteiger partial charge < -0.3 is 9.90 Å². The van der Waals surface area contributed by atoms with E-state index in [1.165, 1.54) is 6.92 Å². The van der Waals surface area contributed by atoms with Crippen LogP contribution in [-0.2, 0) is 37.5 Å². The molecule has 0 aliphatic rings. The Balaban J connectivity index is 0. The van der Waals surface area contributed by atoms with Gasteiger partial charge in [0.15, 0.2) is 0 Å². The van der Waals surface area contributed by atoms with Crippen molar-refractivity contribution in [2.45, 2.75) is 13.0 Å². The van der Waals surface area contributed by atoms with E-state index in [-0.39, 0.29) is 32.7 Å². The van der Waals surface area contributed by atoms with Gasteiger partial charge in [0.2, 0.25) is 0 Å². The molecule has 1 radical (unpaired) electrons. The number of carbonyl (C=O) groups excluding carboxylic acids is 1. The maximum Gasteiger partial charge on any atom is 0.148 e. The monoisotopic (exact) mass is 163 g/mol. The summed E-state index contributed by atoms with van der Waals surface area (Å²) in [5.74, 6) is 0. The van der Waals surface area contributed by atoms with Crippen LogP contribution in [0.3, 0.4) is 0 Å². The Morgan fingerprint density at radius 2 is 2.00 bits per heavy atom. The normalized spacial score (nSPS) is 11.7. The second kappa shape index (κ2) is 5.73. The molecule has 0 aliphatic carbocycles. The van der Waals surface area contributed by atoms with Gasteiger partial charge >= 0.3 is 0 Å². The van der Waals surface area contributed by atoms with Crippen LogP contribution in [-0.4, -0.2) is 17.5 Å². The Hall–Kier alpha value is 0.734. The minimum Gasteiger partial charge on any atom is -0.386 e. The Bertz CT molecular complexity index is 35.8. The summed E-state index contributed by atoms with van der Waals surface area (Å²) in [6, 6.07) is 0. The Morgan fingerprint density at radius 3 is 2.00 bits per heavy atom. The van der Waals surface area contributed by atoms with Gasteiger partial charge in [0.1, 0.15) is 12.4 Å². The van der Waals surface area contributed by atoms with Crippen LogP contribution in [0.5, 0.6) is 0 Å². The van der Waals surface area contributed by atoms with Gasteiger partial charge in [0, 0.05) is 32.7 Å². The predicted octanol–water partition coefficient (Wildman–Crippen LogP) is -0.436. The van der Waals surface area contributed by atoms with E-state index in [2.05, 4.69) is 0 Å². The van der Waals surface area contributed by atoms with Gasteiger partial charge in [0.05, 0.1) is 0 Å². The van der Waals surface area contributed by atoms with Crippen molar-refractivity contribution < 1.29 is 42.6 Å². The summed E-state index contributed by atoms with van der Waals surface area (Å²) < 4.78 is 0. The van der Waals surface area contributed by atoms with E-state index >= 15 is 0 Å². The molecule has 0 fully saturated rings. The van der Waals surface area contributed by atoms with Crippen molar-refractivity contribution in [3.8, 4) is 0 Å². The number of hydrogen-bond acceptors (Lipinski definition) is 2. The molecule has 0 saturated carbocycles. The molecule has 0 rings (SSSR count). The number of carbonyl (C=O) groups is 1. The Kier molecular flexibility index (Phi) is 9.44. The van der Waals surface area contributed by atoms with Crippen LogP contribution in [0, 0.1) is 0 Å². The van der Waals surface area contributed by atoms with E-state index in [1.54, 1.807) is 0 Å². The van der Waals surface area contributed by atoms with E-state index in [0.717, 1.165) is 0 Å². The summed E-state index contributed by atoms with van der Waals surface area (Å²) >= 11 is 0. The summed E-state index contributed by atoms with van der Waals surface area (Å²) in [6.45, 7) is 1.41. The van der Waals surface area contributed by atoms with Gasteiger partial charge in [-0.3, -0.25) is 0 Å². The van der Waals surface area contributed by atoms with E-state index in [1.807, 2.05) is 0 Å². The topological polar surface area (TPSA) is 37.3 Å². The quantitative estimate of drug-likeness (QED) is 0.532. The summed E-state index contributed by atoms with van der Waals surface area (Å²) in [4.78, 5) is 9.25. The van der Waals surface area contributed by atoms with Crippen LogP contribution in [0.4, 0.5) is 0 Å². The Labute approximate surface area is 61.8 Å². The number of hydrogen-bond donors (Lipinski definition) is 1. The Morgan fingerprint density at radius 1 is 1.83 bits per heavy atom. The molecule has 0 aromatic rings. The van der Waals surface area contributed by atoms with Gasteiger partial charge in [-0.2, -0.15) is 0 Å². The van der Waals surface area contributed by atoms with Crippen molar-refractivity contribution in [1.29, 1.82) is 0 Å². The molecule has 33 valence electrons. The van der Waals surface area contributed by atoms with Crippen LogP contribution in [0.15, 0.2) is 0 Å². The van der Waals surface area contributed by atoms with Crippen LogP contribution in [0.1, 0.15) is 6.92 Å². The first kappa shape index (κ1) is 9.88. The second-order valence-electron chi connectivity index (χ2n) is 0.877. The molecule has 1 unspecified atom stereocenters. The fraction of sp³-hybridized carbons (Fsp3) is 0.667. The second-order valence-corrected chi connectivity index (χ2v) is 0.877. The summed E-state index contributed by atoms with van der Waals surface area (Å²) in [7, 11) is 0. The fourth-order valence-corrected chi connectivity index (χ4v) is 0. The zero-order chi connectivity index (χ0) is 4.28. The average molecular weight is 163 g/mol. The third-order valence-electron chi connectivity index (χ3n) is 0.197. The zero-order valence-electron chi connectivity index (χ0n) is 3.59. The molecule has 0 saturated heterocycles. The maximum absolute atomic E-state index is 9.25. The predicted molar refractivity (Wildman–Crippen MR) is 17.7 cm³/mol. The zero-order valence-corrected chi connectivity index (χ0v) is 6.43.